The number of methoxy groups -OCH3 is 1. The van der Waals surface area contributed by atoms with Crippen LogP contribution in [0.1, 0.15) is 25.3 Å². The van der Waals surface area contributed by atoms with Gasteiger partial charge in [0, 0.05) is 6.07 Å². The van der Waals surface area contributed by atoms with Crippen molar-refractivity contribution >= 4 is 0 Å². The number of nitrogens with two attached hydrogens (primary N) is 1. The Hall–Kier alpha value is -1.42. The zero-order valence-electron chi connectivity index (χ0n) is 10.3. The molecule has 1 heterocycles. The van der Waals surface area contributed by atoms with Crippen LogP contribution >= 0.6 is 0 Å². The summed E-state index contributed by atoms with van der Waals surface area (Å²) in [5.41, 5.74) is 6.42. The molecule has 17 heavy (non-hydrogen) atoms. The van der Waals surface area contributed by atoms with E-state index in [0.717, 1.165) is 30.6 Å². The normalized spacial score (nSPS) is 22.8. The van der Waals surface area contributed by atoms with E-state index in [2.05, 4.69) is 6.92 Å². The Morgan fingerprint density at radius 2 is 2.29 bits per heavy atom. The second-order valence-corrected chi connectivity index (χ2v) is 4.72. The third-order valence-corrected chi connectivity index (χ3v) is 3.31. The van der Waals surface area contributed by atoms with Gasteiger partial charge in [-0.25, -0.2) is 0 Å². The van der Waals surface area contributed by atoms with Crippen LogP contribution in [0, 0.1) is 0 Å². The summed E-state index contributed by atoms with van der Waals surface area (Å²) in [4.78, 5) is 0. The molecular formula is C13H19NO3. The van der Waals surface area contributed by atoms with Crippen molar-refractivity contribution in [3.63, 3.8) is 0 Å². The largest absolute Gasteiger partial charge is 0.504 e. The van der Waals surface area contributed by atoms with Gasteiger partial charge >= 0.3 is 0 Å². The quantitative estimate of drug-likeness (QED) is 0.841. The molecule has 0 aromatic heterocycles. The van der Waals surface area contributed by atoms with E-state index in [0.29, 0.717) is 12.3 Å². The molecule has 0 aliphatic carbocycles. The zero-order chi connectivity index (χ0) is 12.5. The van der Waals surface area contributed by atoms with Gasteiger partial charge in [0.1, 0.15) is 11.4 Å². The molecule has 0 bridgehead atoms. The van der Waals surface area contributed by atoms with Gasteiger partial charge in [-0.15, -0.1) is 0 Å². The average molecular weight is 237 g/mol. The van der Waals surface area contributed by atoms with Crippen molar-refractivity contribution in [3.8, 4) is 17.2 Å². The van der Waals surface area contributed by atoms with Crippen molar-refractivity contribution < 1.29 is 14.6 Å². The van der Waals surface area contributed by atoms with Gasteiger partial charge in [0.2, 0.25) is 0 Å². The van der Waals surface area contributed by atoms with Crippen LogP contribution in [0.25, 0.3) is 0 Å². The molecule has 3 N–H and O–H groups in total. The molecule has 1 atom stereocenters. The van der Waals surface area contributed by atoms with E-state index in [-0.39, 0.29) is 11.4 Å². The maximum atomic E-state index is 9.70. The fourth-order valence-electron chi connectivity index (χ4n) is 2.24. The average Bonchev–Trinajstić information content (AvgIpc) is 2.29. The molecule has 1 unspecified atom stereocenters. The van der Waals surface area contributed by atoms with E-state index in [1.54, 1.807) is 12.1 Å². The van der Waals surface area contributed by atoms with Crippen molar-refractivity contribution in [2.75, 3.05) is 13.7 Å². The van der Waals surface area contributed by atoms with E-state index < -0.39 is 0 Å². The summed E-state index contributed by atoms with van der Waals surface area (Å²) in [6.07, 6.45) is 2.64. The Kier molecular flexibility index (Phi) is 3.15. The Morgan fingerprint density at radius 3 is 2.94 bits per heavy atom. The van der Waals surface area contributed by atoms with Gasteiger partial charge in [0.25, 0.3) is 0 Å². The highest BCUT2D eigenvalue weighted by Gasteiger charge is 2.31. The number of ether oxygens (including phenoxy) is 2. The van der Waals surface area contributed by atoms with Crippen LogP contribution in [0.15, 0.2) is 12.1 Å². The first-order chi connectivity index (χ1) is 8.08. The van der Waals surface area contributed by atoms with Gasteiger partial charge in [0.15, 0.2) is 11.5 Å². The van der Waals surface area contributed by atoms with Gasteiger partial charge in [-0.05, 0) is 44.4 Å². The highest BCUT2D eigenvalue weighted by atomic mass is 16.5. The molecule has 1 aliphatic rings. The van der Waals surface area contributed by atoms with Crippen LogP contribution in [-0.2, 0) is 6.42 Å². The summed E-state index contributed by atoms with van der Waals surface area (Å²) >= 11 is 0. The Morgan fingerprint density at radius 1 is 1.53 bits per heavy atom. The SMILES string of the molecule is COc1cc2c(cc1O)CCC(C)(CCN)O2. The summed E-state index contributed by atoms with van der Waals surface area (Å²) in [6.45, 7) is 2.68. The number of phenolic OH excluding ortho intramolecular Hbond substituents is 1. The molecule has 0 radical (unpaired) electrons. The maximum Gasteiger partial charge on any atom is 0.164 e. The van der Waals surface area contributed by atoms with Crippen LogP contribution in [0.3, 0.4) is 0 Å². The third-order valence-electron chi connectivity index (χ3n) is 3.31. The summed E-state index contributed by atoms with van der Waals surface area (Å²) in [6, 6.07) is 3.47. The monoisotopic (exact) mass is 237 g/mol. The summed E-state index contributed by atoms with van der Waals surface area (Å²) < 4.78 is 11.1. The highest BCUT2D eigenvalue weighted by molar-refractivity contribution is 5.51. The molecule has 2 rings (SSSR count). The van der Waals surface area contributed by atoms with Crippen molar-refractivity contribution in [3.05, 3.63) is 17.7 Å². The highest BCUT2D eigenvalue weighted by Crippen LogP contribution is 2.40. The molecule has 4 nitrogen and oxygen atoms in total. The Labute approximate surface area is 101 Å². The van der Waals surface area contributed by atoms with E-state index in [1.165, 1.54) is 7.11 Å². The first kappa shape index (κ1) is 12.0. The number of benzene rings is 1. The topological polar surface area (TPSA) is 64.7 Å². The van der Waals surface area contributed by atoms with Crippen LogP contribution in [0.4, 0.5) is 0 Å². The lowest BCUT2D eigenvalue weighted by molar-refractivity contribution is 0.0582. The van der Waals surface area contributed by atoms with Gasteiger partial charge in [-0.1, -0.05) is 0 Å². The van der Waals surface area contributed by atoms with E-state index in [4.69, 9.17) is 15.2 Å². The maximum absolute atomic E-state index is 9.70. The van der Waals surface area contributed by atoms with Crippen LogP contribution in [0.2, 0.25) is 0 Å². The van der Waals surface area contributed by atoms with Crippen molar-refractivity contribution in [2.24, 2.45) is 5.73 Å². The summed E-state index contributed by atoms with van der Waals surface area (Å²) in [7, 11) is 1.53. The smallest absolute Gasteiger partial charge is 0.164 e. The standard InChI is InChI=1S/C13H19NO3/c1-13(5-6-14)4-3-9-7-10(15)12(16-2)8-11(9)17-13/h7-8,15H,3-6,14H2,1-2H3. The molecule has 1 aliphatic heterocycles. The molecule has 1 aromatic rings. The minimum absolute atomic E-state index is 0.164. The lowest BCUT2D eigenvalue weighted by Gasteiger charge is -2.35. The van der Waals surface area contributed by atoms with Crippen molar-refractivity contribution in [1.29, 1.82) is 0 Å². The Bertz CT molecular complexity index is 419. The molecule has 0 fully saturated rings. The molecule has 1 aromatic carbocycles. The Balaban J connectivity index is 2.31. The molecule has 0 saturated carbocycles. The minimum atomic E-state index is -0.205. The number of hydrogen-bond donors (Lipinski definition) is 2. The molecule has 0 saturated heterocycles. The van der Waals surface area contributed by atoms with E-state index >= 15 is 0 Å². The summed E-state index contributed by atoms with van der Waals surface area (Å²) in [5, 5.41) is 9.70. The predicted molar refractivity (Wildman–Crippen MR) is 65.7 cm³/mol. The lowest BCUT2D eigenvalue weighted by atomic mass is 9.90. The lowest BCUT2D eigenvalue weighted by Crippen LogP contribution is -2.38. The van der Waals surface area contributed by atoms with Crippen molar-refractivity contribution in [1.82, 2.24) is 0 Å². The zero-order valence-corrected chi connectivity index (χ0v) is 10.3. The third kappa shape index (κ3) is 2.31. The first-order valence-electron chi connectivity index (χ1n) is 5.87. The van der Waals surface area contributed by atoms with Crippen molar-refractivity contribution in [2.45, 2.75) is 31.8 Å². The number of aryl methyl sites for hydroxylation is 1. The number of hydrogen-bond acceptors (Lipinski definition) is 4. The van der Waals surface area contributed by atoms with Crippen LogP contribution < -0.4 is 15.2 Å². The van der Waals surface area contributed by atoms with E-state index in [9.17, 15) is 5.11 Å². The second-order valence-electron chi connectivity index (χ2n) is 4.72. The molecular weight excluding hydrogens is 218 g/mol. The number of aromatic hydroxyl groups is 1. The minimum Gasteiger partial charge on any atom is -0.504 e. The molecule has 4 heteroatoms. The predicted octanol–water partition coefficient (Wildman–Crippen LogP) is 1.83. The van der Waals surface area contributed by atoms with Crippen LogP contribution in [-0.4, -0.2) is 24.4 Å². The number of fused-ring (bicyclic) bond motifs is 1. The van der Waals surface area contributed by atoms with Gasteiger partial charge in [0.05, 0.1) is 7.11 Å². The van der Waals surface area contributed by atoms with E-state index in [1.807, 2.05) is 0 Å². The fourth-order valence-corrected chi connectivity index (χ4v) is 2.24. The van der Waals surface area contributed by atoms with Crippen LogP contribution in [0.5, 0.6) is 17.2 Å². The summed E-state index contributed by atoms with van der Waals surface area (Å²) in [5.74, 6) is 1.40. The molecule has 0 spiro atoms. The van der Waals surface area contributed by atoms with Gasteiger partial charge in [-0.2, -0.15) is 0 Å². The molecule has 0 amide bonds. The number of phenols is 1. The van der Waals surface area contributed by atoms with Gasteiger partial charge in [-0.3, -0.25) is 0 Å². The second kappa shape index (κ2) is 4.45. The molecule has 94 valence electrons. The van der Waals surface area contributed by atoms with Gasteiger partial charge < -0.3 is 20.3 Å². The number of rotatable bonds is 3. The fraction of sp³-hybridized carbons (Fsp3) is 0.538. The first-order valence-corrected chi connectivity index (χ1v) is 5.87.